The molecule has 3 nitrogen and oxygen atoms in total. The van der Waals surface area contributed by atoms with Crippen molar-refractivity contribution in [1.29, 1.82) is 0 Å². The summed E-state index contributed by atoms with van der Waals surface area (Å²) in [5.74, 6) is -0.400. The molecule has 5 heteroatoms. The molecule has 0 aromatic heterocycles. The molecule has 0 atom stereocenters. The van der Waals surface area contributed by atoms with Gasteiger partial charge in [0, 0.05) is 21.4 Å². The summed E-state index contributed by atoms with van der Waals surface area (Å²) in [5, 5.41) is 9.81. The number of halogens is 1. The molecule has 0 amide bonds. The zero-order valence-electron chi connectivity index (χ0n) is 9.97. The molecular formula is C14H12ClNO2S. The van der Waals surface area contributed by atoms with E-state index in [0.717, 1.165) is 5.56 Å². The lowest BCUT2D eigenvalue weighted by atomic mass is 10.2. The molecule has 0 heterocycles. The number of carboxylic acid groups (broad SMARTS) is 1. The number of aromatic carboxylic acids is 1. The zero-order valence-corrected chi connectivity index (χ0v) is 11.5. The molecule has 0 unspecified atom stereocenters. The lowest BCUT2D eigenvalue weighted by Gasteiger charge is -2.09. The van der Waals surface area contributed by atoms with Crippen LogP contribution in [-0.2, 0) is 5.75 Å². The fraction of sp³-hybridized carbons (Fsp3) is 0.0714. The molecule has 0 spiro atoms. The van der Waals surface area contributed by atoms with Crippen molar-refractivity contribution in [3.05, 3.63) is 58.6 Å². The first kappa shape index (κ1) is 13.8. The third kappa shape index (κ3) is 3.22. The second kappa shape index (κ2) is 5.99. The number of nitrogen functional groups attached to an aromatic ring is 1. The number of nitrogens with two attached hydrogens (primary N) is 1. The van der Waals surface area contributed by atoms with Gasteiger partial charge in [-0.05, 0) is 23.8 Å². The SMILES string of the molecule is Nc1cccc(C(=O)O)c1SCc1ccccc1Cl. The van der Waals surface area contributed by atoms with Gasteiger partial charge in [-0.3, -0.25) is 0 Å². The van der Waals surface area contributed by atoms with Gasteiger partial charge in [0.1, 0.15) is 0 Å². The molecule has 0 bridgehead atoms. The summed E-state index contributed by atoms with van der Waals surface area (Å²) in [7, 11) is 0. The van der Waals surface area contributed by atoms with Crippen molar-refractivity contribution in [1.82, 2.24) is 0 Å². The number of anilines is 1. The van der Waals surface area contributed by atoms with Crippen LogP contribution in [0.25, 0.3) is 0 Å². The summed E-state index contributed by atoms with van der Waals surface area (Å²) in [6.07, 6.45) is 0. The van der Waals surface area contributed by atoms with Gasteiger partial charge in [0.05, 0.1) is 5.56 Å². The quantitative estimate of drug-likeness (QED) is 0.662. The minimum atomic E-state index is -0.978. The molecule has 0 saturated carbocycles. The average molecular weight is 294 g/mol. The molecule has 3 N–H and O–H groups in total. The van der Waals surface area contributed by atoms with Crippen LogP contribution in [0.5, 0.6) is 0 Å². The van der Waals surface area contributed by atoms with Gasteiger partial charge in [-0.15, -0.1) is 11.8 Å². The Bertz CT molecular complexity index is 616. The van der Waals surface area contributed by atoms with Crippen molar-refractivity contribution >= 4 is 35.0 Å². The van der Waals surface area contributed by atoms with E-state index in [1.807, 2.05) is 24.3 Å². The maximum absolute atomic E-state index is 11.2. The summed E-state index contributed by atoms with van der Waals surface area (Å²) in [6.45, 7) is 0. The Morgan fingerprint density at radius 1 is 1.21 bits per heavy atom. The molecule has 19 heavy (non-hydrogen) atoms. The number of carboxylic acids is 1. The van der Waals surface area contributed by atoms with Crippen LogP contribution in [-0.4, -0.2) is 11.1 Å². The largest absolute Gasteiger partial charge is 0.478 e. The van der Waals surface area contributed by atoms with E-state index in [1.165, 1.54) is 11.8 Å². The first-order valence-corrected chi connectivity index (χ1v) is 6.94. The lowest BCUT2D eigenvalue weighted by molar-refractivity contribution is 0.0693. The van der Waals surface area contributed by atoms with Crippen LogP contribution < -0.4 is 5.73 Å². The van der Waals surface area contributed by atoms with E-state index >= 15 is 0 Å². The van der Waals surface area contributed by atoms with Gasteiger partial charge in [-0.25, -0.2) is 4.79 Å². The van der Waals surface area contributed by atoms with Crippen molar-refractivity contribution < 1.29 is 9.90 Å². The topological polar surface area (TPSA) is 63.3 Å². The smallest absolute Gasteiger partial charge is 0.336 e. The predicted octanol–water partition coefficient (Wildman–Crippen LogP) is 3.91. The molecule has 0 radical (unpaired) electrons. The third-order valence-corrected chi connectivity index (χ3v) is 4.17. The van der Waals surface area contributed by atoms with Gasteiger partial charge in [-0.1, -0.05) is 35.9 Å². The minimum Gasteiger partial charge on any atom is -0.478 e. The van der Waals surface area contributed by atoms with Gasteiger partial charge in [0.25, 0.3) is 0 Å². The lowest BCUT2D eigenvalue weighted by Crippen LogP contribution is -2.02. The Balaban J connectivity index is 2.25. The Labute approximate surface area is 120 Å². The summed E-state index contributed by atoms with van der Waals surface area (Å²) in [4.78, 5) is 11.7. The number of hydrogen-bond donors (Lipinski definition) is 2. The number of carbonyl (C=O) groups is 1. The van der Waals surface area contributed by atoms with Crippen LogP contribution in [0.1, 0.15) is 15.9 Å². The monoisotopic (exact) mass is 293 g/mol. The summed E-state index contributed by atoms with van der Waals surface area (Å²) in [5.41, 5.74) is 7.49. The highest BCUT2D eigenvalue weighted by Gasteiger charge is 2.13. The van der Waals surface area contributed by atoms with Crippen LogP contribution in [0.3, 0.4) is 0 Å². The number of rotatable bonds is 4. The summed E-state index contributed by atoms with van der Waals surface area (Å²) in [6, 6.07) is 12.4. The molecule has 2 rings (SSSR count). The highest BCUT2D eigenvalue weighted by Crippen LogP contribution is 2.33. The van der Waals surface area contributed by atoms with Crippen molar-refractivity contribution in [2.45, 2.75) is 10.6 Å². The van der Waals surface area contributed by atoms with Gasteiger partial charge in [0.2, 0.25) is 0 Å². The van der Waals surface area contributed by atoms with Crippen molar-refractivity contribution in [3.63, 3.8) is 0 Å². The van der Waals surface area contributed by atoms with E-state index in [4.69, 9.17) is 22.4 Å². The molecule has 2 aromatic carbocycles. The average Bonchev–Trinajstić information content (AvgIpc) is 2.38. The summed E-state index contributed by atoms with van der Waals surface area (Å²) >= 11 is 7.45. The maximum atomic E-state index is 11.2. The van der Waals surface area contributed by atoms with Crippen LogP contribution in [0.4, 0.5) is 5.69 Å². The number of hydrogen-bond acceptors (Lipinski definition) is 3. The van der Waals surface area contributed by atoms with Gasteiger partial charge in [0.15, 0.2) is 0 Å². The van der Waals surface area contributed by atoms with Gasteiger partial charge in [-0.2, -0.15) is 0 Å². The van der Waals surface area contributed by atoms with E-state index in [-0.39, 0.29) is 5.56 Å². The molecular weight excluding hydrogens is 282 g/mol. The molecule has 0 aliphatic rings. The zero-order chi connectivity index (χ0) is 13.8. The van der Waals surface area contributed by atoms with Crippen molar-refractivity contribution in [2.24, 2.45) is 0 Å². The predicted molar refractivity (Wildman–Crippen MR) is 78.8 cm³/mol. The molecule has 0 saturated heterocycles. The van der Waals surface area contributed by atoms with Crippen molar-refractivity contribution in [3.8, 4) is 0 Å². The Morgan fingerprint density at radius 2 is 1.95 bits per heavy atom. The number of benzene rings is 2. The third-order valence-electron chi connectivity index (χ3n) is 2.61. The second-order valence-corrected chi connectivity index (χ2v) is 5.30. The maximum Gasteiger partial charge on any atom is 0.336 e. The fourth-order valence-corrected chi connectivity index (χ4v) is 3.03. The van der Waals surface area contributed by atoms with Crippen molar-refractivity contribution in [2.75, 3.05) is 5.73 Å². The minimum absolute atomic E-state index is 0.219. The Kier molecular flexibility index (Phi) is 4.35. The highest BCUT2D eigenvalue weighted by molar-refractivity contribution is 7.98. The first-order chi connectivity index (χ1) is 9.09. The molecule has 0 aliphatic carbocycles. The number of thioether (sulfide) groups is 1. The summed E-state index contributed by atoms with van der Waals surface area (Å²) < 4.78 is 0. The highest BCUT2D eigenvalue weighted by atomic mass is 35.5. The van der Waals surface area contributed by atoms with E-state index in [2.05, 4.69) is 0 Å². The van der Waals surface area contributed by atoms with Crippen LogP contribution in [0, 0.1) is 0 Å². The standard InChI is InChI=1S/C14H12ClNO2S/c15-11-6-2-1-4-9(11)8-19-13-10(14(17)18)5-3-7-12(13)16/h1-7H,8,16H2,(H,17,18). The second-order valence-electron chi connectivity index (χ2n) is 3.91. The van der Waals surface area contributed by atoms with Crippen LogP contribution in [0.15, 0.2) is 47.4 Å². The molecule has 2 aromatic rings. The van der Waals surface area contributed by atoms with E-state index in [1.54, 1.807) is 18.2 Å². The fourth-order valence-electron chi connectivity index (χ4n) is 1.65. The Morgan fingerprint density at radius 3 is 2.63 bits per heavy atom. The Hall–Kier alpha value is -1.65. The normalized spacial score (nSPS) is 10.4. The van der Waals surface area contributed by atoms with Crippen LogP contribution in [0.2, 0.25) is 5.02 Å². The first-order valence-electron chi connectivity index (χ1n) is 5.57. The molecule has 98 valence electrons. The van der Waals surface area contributed by atoms with E-state index in [0.29, 0.717) is 21.4 Å². The van der Waals surface area contributed by atoms with Crippen LogP contribution >= 0.6 is 23.4 Å². The molecule has 0 fully saturated rings. The molecule has 0 aliphatic heterocycles. The van der Waals surface area contributed by atoms with Gasteiger partial charge >= 0.3 is 5.97 Å². The van der Waals surface area contributed by atoms with E-state index in [9.17, 15) is 4.79 Å². The van der Waals surface area contributed by atoms with E-state index < -0.39 is 5.97 Å². The van der Waals surface area contributed by atoms with Gasteiger partial charge < -0.3 is 10.8 Å².